The molecule has 0 saturated carbocycles. The highest BCUT2D eigenvalue weighted by molar-refractivity contribution is 7.90. The fourth-order valence-electron chi connectivity index (χ4n) is 1.53. The van der Waals surface area contributed by atoms with Crippen LogP contribution in [0.2, 0.25) is 5.02 Å². The molecule has 0 heterocycles. The monoisotopic (exact) mass is 291 g/mol. The molecule has 1 unspecified atom stereocenters. The van der Waals surface area contributed by atoms with E-state index in [-0.39, 0.29) is 22.4 Å². The molecule has 1 aromatic rings. The van der Waals surface area contributed by atoms with E-state index in [2.05, 4.69) is 5.32 Å². The maximum Gasteiger partial charge on any atom is 0.335 e. The molecule has 1 aromatic carbocycles. The Kier molecular flexibility index (Phi) is 4.59. The minimum absolute atomic E-state index is 0.0238. The zero-order valence-corrected chi connectivity index (χ0v) is 11.5. The number of aromatic carboxylic acids is 1. The van der Waals surface area contributed by atoms with Crippen molar-refractivity contribution >= 4 is 33.1 Å². The zero-order chi connectivity index (χ0) is 13.9. The molecule has 5 nitrogen and oxygen atoms in total. The van der Waals surface area contributed by atoms with Gasteiger partial charge < -0.3 is 10.4 Å². The number of anilines is 1. The second-order valence-corrected chi connectivity index (χ2v) is 6.73. The number of rotatable bonds is 5. The van der Waals surface area contributed by atoms with Crippen molar-refractivity contribution < 1.29 is 18.3 Å². The van der Waals surface area contributed by atoms with Crippen molar-refractivity contribution in [3.05, 3.63) is 28.8 Å². The van der Waals surface area contributed by atoms with Crippen LogP contribution in [0.3, 0.4) is 0 Å². The number of nitrogens with one attached hydrogen (secondary N) is 1. The third-order valence-electron chi connectivity index (χ3n) is 2.17. The largest absolute Gasteiger partial charge is 0.478 e. The molecule has 0 aliphatic rings. The lowest BCUT2D eigenvalue weighted by Crippen LogP contribution is -2.25. The molecule has 18 heavy (non-hydrogen) atoms. The van der Waals surface area contributed by atoms with Gasteiger partial charge in [0.25, 0.3) is 0 Å². The third kappa shape index (κ3) is 4.54. The van der Waals surface area contributed by atoms with Gasteiger partial charge in [0.15, 0.2) is 0 Å². The quantitative estimate of drug-likeness (QED) is 0.865. The van der Waals surface area contributed by atoms with Crippen molar-refractivity contribution in [3.63, 3.8) is 0 Å². The number of carboxylic acid groups (broad SMARTS) is 1. The predicted octanol–water partition coefficient (Wildman–Crippen LogP) is 1.88. The summed E-state index contributed by atoms with van der Waals surface area (Å²) in [5.74, 6) is -1.09. The molecule has 1 atom stereocenters. The molecular weight excluding hydrogens is 278 g/mol. The maximum atomic E-state index is 11.1. The van der Waals surface area contributed by atoms with Crippen LogP contribution in [0.25, 0.3) is 0 Å². The van der Waals surface area contributed by atoms with Gasteiger partial charge in [0.2, 0.25) is 0 Å². The van der Waals surface area contributed by atoms with E-state index in [1.54, 1.807) is 6.92 Å². The molecule has 7 heteroatoms. The van der Waals surface area contributed by atoms with Crippen molar-refractivity contribution in [3.8, 4) is 0 Å². The van der Waals surface area contributed by atoms with Crippen molar-refractivity contribution in [2.24, 2.45) is 0 Å². The summed E-state index contributed by atoms with van der Waals surface area (Å²) in [6, 6.07) is 3.93. The minimum atomic E-state index is -3.08. The fraction of sp³-hybridized carbons (Fsp3) is 0.364. The first-order chi connectivity index (χ1) is 8.19. The topological polar surface area (TPSA) is 83.5 Å². The normalized spacial score (nSPS) is 13.1. The van der Waals surface area contributed by atoms with Gasteiger partial charge in [-0.15, -0.1) is 0 Å². The van der Waals surface area contributed by atoms with Gasteiger partial charge in [0.1, 0.15) is 9.84 Å². The van der Waals surface area contributed by atoms with E-state index in [0.717, 1.165) is 6.26 Å². The van der Waals surface area contributed by atoms with Crippen LogP contribution < -0.4 is 5.32 Å². The Labute approximate surface area is 111 Å². The number of halogens is 1. The van der Waals surface area contributed by atoms with E-state index in [4.69, 9.17) is 16.7 Å². The standard InChI is InChI=1S/C11H14ClNO4S/c1-7(6-18(2,16)17)13-10-4-3-8(11(14)15)5-9(10)12/h3-5,7,13H,6H2,1-2H3,(H,14,15). The second-order valence-electron chi connectivity index (χ2n) is 4.14. The summed E-state index contributed by atoms with van der Waals surface area (Å²) in [4.78, 5) is 10.7. The number of sulfone groups is 1. The Balaban J connectivity index is 2.83. The Morgan fingerprint density at radius 2 is 2.11 bits per heavy atom. The van der Waals surface area contributed by atoms with Gasteiger partial charge in [0.05, 0.1) is 22.0 Å². The average molecular weight is 292 g/mol. The lowest BCUT2D eigenvalue weighted by molar-refractivity contribution is 0.0697. The van der Waals surface area contributed by atoms with Gasteiger partial charge in [-0.25, -0.2) is 13.2 Å². The van der Waals surface area contributed by atoms with Crippen molar-refractivity contribution in [1.82, 2.24) is 0 Å². The van der Waals surface area contributed by atoms with Crippen molar-refractivity contribution in [1.29, 1.82) is 0 Å². The molecule has 100 valence electrons. The molecule has 1 rings (SSSR count). The molecule has 2 N–H and O–H groups in total. The fourth-order valence-corrected chi connectivity index (χ4v) is 2.75. The summed E-state index contributed by atoms with van der Waals surface area (Å²) >= 11 is 5.91. The summed E-state index contributed by atoms with van der Waals surface area (Å²) in [7, 11) is -3.08. The number of hydrogen-bond donors (Lipinski definition) is 2. The molecule has 0 aliphatic carbocycles. The number of carbonyl (C=O) groups is 1. The Bertz CT molecular complexity index is 556. The number of carboxylic acids is 1. The lowest BCUT2D eigenvalue weighted by atomic mass is 10.2. The van der Waals surface area contributed by atoms with Crippen LogP contribution in [0.5, 0.6) is 0 Å². The van der Waals surface area contributed by atoms with Crippen molar-refractivity contribution in [2.45, 2.75) is 13.0 Å². The number of benzene rings is 1. The summed E-state index contributed by atoms with van der Waals surface area (Å²) in [6.45, 7) is 1.71. The van der Waals surface area contributed by atoms with Crippen LogP contribution in [-0.4, -0.2) is 37.5 Å². The summed E-state index contributed by atoms with van der Waals surface area (Å²) in [6.07, 6.45) is 1.15. The zero-order valence-electron chi connectivity index (χ0n) is 9.97. The van der Waals surface area contributed by atoms with E-state index in [1.165, 1.54) is 18.2 Å². The van der Waals surface area contributed by atoms with Gasteiger partial charge in [0, 0.05) is 12.3 Å². The van der Waals surface area contributed by atoms with E-state index in [1.807, 2.05) is 0 Å². The molecule has 0 bridgehead atoms. The molecule has 0 spiro atoms. The van der Waals surface area contributed by atoms with Crippen LogP contribution >= 0.6 is 11.6 Å². The van der Waals surface area contributed by atoms with Gasteiger partial charge in [-0.3, -0.25) is 0 Å². The SMILES string of the molecule is CC(CS(C)(=O)=O)Nc1ccc(C(=O)O)cc1Cl. The van der Waals surface area contributed by atoms with E-state index < -0.39 is 15.8 Å². The van der Waals surface area contributed by atoms with E-state index in [0.29, 0.717) is 5.69 Å². The highest BCUT2D eigenvalue weighted by Gasteiger charge is 2.13. The summed E-state index contributed by atoms with van der Waals surface area (Å²) < 4.78 is 22.2. The van der Waals surface area contributed by atoms with Crippen LogP contribution in [0.1, 0.15) is 17.3 Å². The molecular formula is C11H14ClNO4S. The first-order valence-electron chi connectivity index (χ1n) is 5.16. The Hall–Kier alpha value is -1.27. The number of hydrogen-bond acceptors (Lipinski definition) is 4. The molecule has 0 aliphatic heterocycles. The second kappa shape index (κ2) is 5.58. The van der Waals surface area contributed by atoms with Gasteiger partial charge in [-0.2, -0.15) is 0 Å². The van der Waals surface area contributed by atoms with Crippen LogP contribution in [0.4, 0.5) is 5.69 Å². The molecule has 0 saturated heterocycles. The van der Waals surface area contributed by atoms with Crippen LogP contribution in [0.15, 0.2) is 18.2 Å². The molecule has 0 fully saturated rings. The first-order valence-corrected chi connectivity index (χ1v) is 7.60. The van der Waals surface area contributed by atoms with Gasteiger partial charge >= 0.3 is 5.97 Å². The predicted molar refractivity (Wildman–Crippen MR) is 71.2 cm³/mol. The van der Waals surface area contributed by atoms with Crippen LogP contribution in [-0.2, 0) is 9.84 Å². The van der Waals surface area contributed by atoms with Gasteiger partial charge in [-0.1, -0.05) is 11.6 Å². The highest BCUT2D eigenvalue weighted by Crippen LogP contribution is 2.23. The molecule has 0 radical (unpaired) electrons. The molecule has 0 amide bonds. The lowest BCUT2D eigenvalue weighted by Gasteiger charge is -2.15. The third-order valence-corrected chi connectivity index (χ3v) is 3.59. The Morgan fingerprint density at radius 1 is 1.50 bits per heavy atom. The van der Waals surface area contributed by atoms with Crippen LogP contribution in [0, 0.1) is 0 Å². The molecule has 0 aromatic heterocycles. The van der Waals surface area contributed by atoms with Crippen molar-refractivity contribution in [2.75, 3.05) is 17.3 Å². The minimum Gasteiger partial charge on any atom is -0.478 e. The van der Waals surface area contributed by atoms with Gasteiger partial charge in [-0.05, 0) is 25.1 Å². The Morgan fingerprint density at radius 3 is 2.56 bits per heavy atom. The van der Waals surface area contributed by atoms with E-state index >= 15 is 0 Å². The smallest absolute Gasteiger partial charge is 0.335 e. The maximum absolute atomic E-state index is 11.1. The average Bonchev–Trinajstić information content (AvgIpc) is 2.17. The van der Waals surface area contributed by atoms with E-state index in [9.17, 15) is 13.2 Å². The summed E-state index contributed by atoms with van der Waals surface area (Å²) in [5.41, 5.74) is 0.596. The summed E-state index contributed by atoms with van der Waals surface area (Å²) in [5, 5.41) is 12.0. The first kappa shape index (κ1) is 14.8. The highest BCUT2D eigenvalue weighted by atomic mass is 35.5.